The van der Waals surface area contributed by atoms with Crippen LogP contribution >= 0.6 is 11.6 Å². The monoisotopic (exact) mass is 383 g/mol. The van der Waals surface area contributed by atoms with Crippen molar-refractivity contribution in [3.8, 4) is 0 Å². The number of halogens is 2. The van der Waals surface area contributed by atoms with E-state index in [0.29, 0.717) is 0 Å². The third-order valence-electron chi connectivity index (χ3n) is 3.42. The van der Waals surface area contributed by atoms with Gasteiger partial charge in [-0.1, -0.05) is 41.9 Å². The largest absolute Gasteiger partial charge is 0.460 e. The zero-order chi connectivity index (χ0) is 18.2. The topological polar surface area (TPSA) is 95.7 Å². The normalized spacial score (nSPS) is 17.5. The fraction of sp³-hybridized carbons (Fsp3) is 0.0625. The average molecular weight is 384 g/mol. The van der Waals surface area contributed by atoms with E-state index in [2.05, 4.69) is 0 Å². The van der Waals surface area contributed by atoms with E-state index in [-0.39, 0.29) is 15.5 Å². The summed E-state index contributed by atoms with van der Waals surface area (Å²) in [5.41, 5.74) is 5.39. The Labute approximate surface area is 147 Å². The number of hydrogen-bond acceptors (Lipinski definition) is 6. The van der Waals surface area contributed by atoms with Gasteiger partial charge in [-0.25, -0.2) is 4.39 Å². The molecule has 2 aromatic carbocycles. The van der Waals surface area contributed by atoms with Crippen molar-refractivity contribution in [2.45, 2.75) is 11.0 Å². The number of carbonyl (C=O) groups is 1. The highest BCUT2D eigenvalue weighted by molar-refractivity contribution is 7.86. The predicted octanol–water partition coefficient (Wildman–Crippen LogP) is 2.65. The van der Waals surface area contributed by atoms with E-state index in [1.165, 1.54) is 42.5 Å². The molecule has 0 fully saturated rings. The number of benzene rings is 2. The Kier molecular flexibility index (Phi) is 4.40. The Morgan fingerprint density at radius 1 is 1.12 bits per heavy atom. The minimum absolute atomic E-state index is 0.166. The standard InChI is InChI=1S/C16H11ClFNO5S/c17-11-8-4-7-10(12(11)18)14-13(20)15(16(19)23-14)24-25(21,22)9-5-2-1-3-6-9/h1-8,14H,19H2. The molecule has 1 unspecified atom stereocenters. The molecule has 1 aliphatic heterocycles. The summed E-state index contributed by atoms with van der Waals surface area (Å²) in [5, 5.41) is -0.209. The first-order valence-electron chi connectivity index (χ1n) is 6.95. The highest BCUT2D eigenvalue weighted by Gasteiger charge is 2.41. The third kappa shape index (κ3) is 3.18. The molecule has 0 saturated heterocycles. The highest BCUT2D eigenvalue weighted by Crippen LogP contribution is 2.35. The van der Waals surface area contributed by atoms with Gasteiger partial charge >= 0.3 is 10.1 Å². The molecule has 2 aromatic rings. The Hall–Kier alpha value is -2.58. The number of nitrogens with two attached hydrogens (primary N) is 1. The van der Waals surface area contributed by atoms with E-state index in [9.17, 15) is 17.6 Å². The number of ether oxygens (including phenoxy) is 1. The Balaban J connectivity index is 1.90. The molecule has 25 heavy (non-hydrogen) atoms. The molecule has 9 heteroatoms. The molecule has 0 aromatic heterocycles. The van der Waals surface area contributed by atoms with Crippen LogP contribution in [0.25, 0.3) is 0 Å². The smallest absolute Gasteiger partial charge is 0.339 e. The average Bonchev–Trinajstić information content (AvgIpc) is 2.86. The van der Waals surface area contributed by atoms with Crippen LogP contribution in [0.4, 0.5) is 4.39 Å². The lowest BCUT2D eigenvalue weighted by Crippen LogP contribution is -2.16. The van der Waals surface area contributed by atoms with Crippen LogP contribution in [0.15, 0.2) is 65.1 Å². The first kappa shape index (κ1) is 17.2. The van der Waals surface area contributed by atoms with Crippen molar-refractivity contribution < 1.29 is 26.5 Å². The third-order valence-corrected chi connectivity index (χ3v) is 4.95. The maximum Gasteiger partial charge on any atom is 0.339 e. The van der Waals surface area contributed by atoms with Crippen LogP contribution in [-0.4, -0.2) is 14.2 Å². The number of carbonyl (C=O) groups excluding carboxylic acids is 1. The van der Waals surface area contributed by atoms with E-state index >= 15 is 0 Å². The molecule has 1 aliphatic rings. The van der Waals surface area contributed by atoms with Crippen LogP contribution < -0.4 is 5.73 Å². The molecule has 1 heterocycles. The SMILES string of the molecule is NC1=C(OS(=O)(=O)c2ccccc2)C(=O)C(c2cccc(Cl)c2F)O1. The van der Waals surface area contributed by atoms with Crippen molar-refractivity contribution in [3.63, 3.8) is 0 Å². The van der Waals surface area contributed by atoms with E-state index in [4.69, 9.17) is 26.3 Å². The van der Waals surface area contributed by atoms with Gasteiger partial charge in [-0.2, -0.15) is 8.42 Å². The fourth-order valence-corrected chi connectivity index (χ4v) is 3.38. The molecule has 0 bridgehead atoms. The van der Waals surface area contributed by atoms with Crippen molar-refractivity contribution in [2.75, 3.05) is 0 Å². The Bertz CT molecular complexity index is 975. The van der Waals surface area contributed by atoms with Gasteiger partial charge in [-0.05, 0) is 18.2 Å². The molecule has 0 radical (unpaired) electrons. The van der Waals surface area contributed by atoms with Gasteiger partial charge in [0.1, 0.15) is 10.7 Å². The summed E-state index contributed by atoms with van der Waals surface area (Å²) < 4.78 is 48.5. The van der Waals surface area contributed by atoms with Crippen LogP contribution in [0, 0.1) is 5.82 Å². The molecule has 2 N–H and O–H groups in total. The fourth-order valence-electron chi connectivity index (χ4n) is 2.23. The predicted molar refractivity (Wildman–Crippen MR) is 86.2 cm³/mol. The summed E-state index contributed by atoms with van der Waals surface area (Å²) in [7, 11) is -4.29. The zero-order valence-electron chi connectivity index (χ0n) is 12.5. The maximum absolute atomic E-state index is 14.1. The van der Waals surface area contributed by atoms with Crippen LogP contribution in [-0.2, 0) is 23.8 Å². The molecule has 130 valence electrons. The van der Waals surface area contributed by atoms with Gasteiger partial charge in [0.2, 0.25) is 17.4 Å². The van der Waals surface area contributed by atoms with Gasteiger partial charge in [0.05, 0.1) is 5.02 Å². The van der Waals surface area contributed by atoms with Crippen LogP contribution in [0.3, 0.4) is 0 Å². The van der Waals surface area contributed by atoms with Crippen molar-refractivity contribution >= 4 is 27.5 Å². The molecular formula is C16H11ClFNO5S. The van der Waals surface area contributed by atoms with E-state index in [0.717, 1.165) is 0 Å². The summed E-state index contributed by atoms with van der Waals surface area (Å²) in [4.78, 5) is 12.3. The molecular weight excluding hydrogens is 373 g/mol. The minimum atomic E-state index is -4.29. The van der Waals surface area contributed by atoms with Gasteiger partial charge in [-0.15, -0.1) is 0 Å². The second kappa shape index (κ2) is 6.38. The second-order valence-corrected chi connectivity index (χ2v) is 7.00. The van der Waals surface area contributed by atoms with E-state index < -0.39 is 39.5 Å². The van der Waals surface area contributed by atoms with Crippen molar-refractivity contribution in [1.82, 2.24) is 0 Å². The first-order chi connectivity index (χ1) is 11.8. The minimum Gasteiger partial charge on any atom is -0.460 e. The Morgan fingerprint density at radius 3 is 2.48 bits per heavy atom. The number of hydrogen-bond donors (Lipinski definition) is 1. The van der Waals surface area contributed by atoms with E-state index in [1.807, 2.05) is 0 Å². The highest BCUT2D eigenvalue weighted by atomic mass is 35.5. The maximum atomic E-state index is 14.1. The van der Waals surface area contributed by atoms with Crippen molar-refractivity contribution in [1.29, 1.82) is 0 Å². The molecule has 0 saturated carbocycles. The second-order valence-electron chi connectivity index (χ2n) is 5.05. The van der Waals surface area contributed by atoms with Crippen molar-refractivity contribution in [3.05, 3.63) is 76.6 Å². The summed E-state index contributed by atoms with van der Waals surface area (Å²) in [6.07, 6.45) is -1.47. The molecule has 1 atom stereocenters. The lowest BCUT2D eigenvalue weighted by Gasteiger charge is -2.11. The summed E-state index contributed by atoms with van der Waals surface area (Å²) in [5.74, 6) is -3.03. The molecule has 6 nitrogen and oxygen atoms in total. The van der Waals surface area contributed by atoms with Crippen LogP contribution in [0.2, 0.25) is 5.02 Å². The lowest BCUT2D eigenvalue weighted by atomic mass is 10.1. The quantitative estimate of drug-likeness (QED) is 0.815. The van der Waals surface area contributed by atoms with Gasteiger partial charge in [0.15, 0.2) is 6.10 Å². The summed E-state index contributed by atoms with van der Waals surface area (Å²) >= 11 is 5.69. The lowest BCUT2D eigenvalue weighted by molar-refractivity contribution is -0.123. The van der Waals surface area contributed by atoms with Gasteiger partial charge in [0.25, 0.3) is 0 Å². The summed E-state index contributed by atoms with van der Waals surface area (Å²) in [6.45, 7) is 0. The van der Waals surface area contributed by atoms with Gasteiger partial charge in [0, 0.05) is 5.56 Å². The first-order valence-corrected chi connectivity index (χ1v) is 8.74. The number of Topliss-reactive ketones (excluding diaryl/α,β-unsaturated/α-hetero) is 1. The molecule has 0 aliphatic carbocycles. The van der Waals surface area contributed by atoms with Gasteiger partial charge < -0.3 is 14.7 Å². The molecule has 0 spiro atoms. The Morgan fingerprint density at radius 2 is 1.80 bits per heavy atom. The molecule has 3 rings (SSSR count). The van der Waals surface area contributed by atoms with E-state index in [1.54, 1.807) is 6.07 Å². The summed E-state index contributed by atoms with van der Waals surface area (Å²) in [6, 6.07) is 11.2. The van der Waals surface area contributed by atoms with Gasteiger partial charge in [-0.3, -0.25) is 4.79 Å². The van der Waals surface area contributed by atoms with Crippen molar-refractivity contribution in [2.24, 2.45) is 5.73 Å². The van der Waals surface area contributed by atoms with Crippen LogP contribution in [0.1, 0.15) is 11.7 Å². The zero-order valence-corrected chi connectivity index (χ0v) is 14.1. The molecule has 0 amide bonds. The number of ketones is 1. The van der Waals surface area contributed by atoms with Crippen LogP contribution in [0.5, 0.6) is 0 Å². The number of rotatable bonds is 4.